The van der Waals surface area contributed by atoms with Crippen LogP contribution in [0.1, 0.15) is 6.42 Å². The van der Waals surface area contributed by atoms with E-state index in [2.05, 4.69) is 181 Å². The van der Waals surface area contributed by atoms with Gasteiger partial charge in [-0.15, -0.1) is 0 Å². The highest BCUT2D eigenvalue weighted by molar-refractivity contribution is 7.88. The molecule has 0 bridgehead atoms. The van der Waals surface area contributed by atoms with Crippen molar-refractivity contribution in [3.8, 4) is 0 Å². The molecule has 7 rings (SSSR count). The summed E-state index contributed by atoms with van der Waals surface area (Å²) in [4.78, 5) is 0. The van der Waals surface area contributed by atoms with Crippen LogP contribution in [0.15, 0.2) is 84.0 Å². The van der Waals surface area contributed by atoms with Gasteiger partial charge in [-0.2, -0.15) is 0 Å². The molecule has 4 fully saturated rings. The lowest BCUT2D eigenvalue weighted by Gasteiger charge is -2.41. The molecule has 0 aromatic heterocycles. The Hall–Kier alpha value is -1.78. The summed E-state index contributed by atoms with van der Waals surface area (Å²) in [5.74, 6) is 8.09. The highest BCUT2D eigenvalue weighted by atomic mass is 31.2. The van der Waals surface area contributed by atoms with Gasteiger partial charge in [-0.05, 0) is 143 Å². The molecule has 0 N–H and O–H groups in total. The van der Waals surface area contributed by atoms with Gasteiger partial charge in [0, 0.05) is 23.2 Å². The SMILES string of the molecule is [CH]1[CH][CH][C](CCP(=CC2([C]3[CH][CH][CH][CH]3)C=C([C]3[CH][CH][CH][CH]3)C=C2[C]2[CH][CH][CH][CH]2)(c2ccccc2)c2ccccc2)[CH]1. The molecule has 1 unspecified atom stereocenters. The molecule has 198 valence electrons. The monoisotopic (exact) mass is 544 g/mol. The summed E-state index contributed by atoms with van der Waals surface area (Å²) in [6.07, 6.45) is 42.6. The molecule has 1 atom stereocenters. The van der Waals surface area contributed by atoms with Crippen molar-refractivity contribution >= 4 is 23.3 Å². The van der Waals surface area contributed by atoms with E-state index in [9.17, 15) is 0 Å². The average molecular weight is 545 g/mol. The van der Waals surface area contributed by atoms with Crippen LogP contribution in [0.3, 0.4) is 0 Å². The minimum absolute atomic E-state index is 0.379. The molecule has 41 heavy (non-hydrogen) atoms. The Morgan fingerprint density at radius 2 is 1.07 bits per heavy atom. The lowest BCUT2D eigenvalue weighted by atomic mass is 9.68. The standard InChI is InChI=1S/C40H33P/c1-3-23-37(24-4-1)41(38-25-5-2-6-26-38,28-27-32-15-7-8-16-32)31-40(36-21-13-14-22-36)30-35(33-17-9-10-18-33)29-39(40)34-19-11-12-20-34/h1-26,29-31H,27-28H2. The Labute approximate surface area is 251 Å². The highest BCUT2D eigenvalue weighted by Crippen LogP contribution is 2.60. The van der Waals surface area contributed by atoms with Crippen molar-refractivity contribution in [1.29, 1.82) is 0 Å². The summed E-state index contributed by atoms with van der Waals surface area (Å²) < 4.78 is 0. The Kier molecular flexibility index (Phi) is 8.51. The molecule has 4 saturated carbocycles. The lowest BCUT2D eigenvalue weighted by Crippen LogP contribution is -2.35. The van der Waals surface area contributed by atoms with Gasteiger partial charge in [0.15, 0.2) is 0 Å². The zero-order valence-corrected chi connectivity index (χ0v) is 24.0. The number of benzene rings is 2. The van der Waals surface area contributed by atoms with Crippen LogP contribution in [0.4, 0.5) is 0 Å². The van der Waals surface area contributed by atoms with Crippen LogP contribution >= 0.6 is 6.89 Å². The Bertz CT molecular complexity index is 1220. The summed E-state index contributed by atoms with van der Waals surface area (Å²) in [7, 11) is 0. The first kappa shape index (κ1) is 28.0. The van der Waals surface area contributed by atoms with E-state index >= 15 is 0 Å². The molecule has 0 aliphatic heterocycles. The van der Waals surface area contributed by atoms with E-state index in [1.807, 2.05) is 0 Å². The Morgan fingerprint density at radius 1 is 0.561 bits per heavy atom. The maximum absolute atomic E-state index is 2.79. The first-order valence-corrected chi connectivity index (χ1v) is 16.5. The van der Waals surface area contributed by atoms with Crippen LogP contribution in [0.5, 0.6) is 0 Å². The van der Waals surface area contributed by atoms with Crippen molar-refractivity contribution in [1.82, 2.24) is 0 Å². The van der Waals surface area contributed by atoms with Gasteiger partial charge in [0.25, 0.3) is 0 Å². The fraction of sp³-hybridized carbons (Fsp3) is 0.0750. The smallest absolute Gasteiger partial charge is 0.0364 e. The summed E-state index contributed by atoms with van der Waals surface area (Å²) in [6, 6.07) is 22.6. The first-order valence-electron chi connectivity index (χ1n) is 14.4. The maximum atomic E-state index is 2.79. The van der Waals surface area contributed by atoms with Crippen molar-refractivity contribution in [3.05, 3.63) is 210 Å². The molecule has 20 radical (unpaired) electrons. The molecule has 2 aromatic rings. The highest BCUT2D eigenvalue weighted by Gasteiger charge is 2.49. The third-order valence-corrected chi connectivity index (χ3v) is 12.8. The topological polar surface area (TPSA) is 0 Å². The second-order valence-corrected chi connectivity index (χ2v) is 14.5. The van der Waals surface area contributed by atoms with Gasteiger partial charge in [0.05, 0.1) is 0 Å². The zero-order valence-electron chi connectivity index (χ0n) is 23.1. The largest absolute Gasteiger partial charge is 0.0660 e. The molecule has 0 spiro atoms. The van der Waals surface area contributed by atoms with Crippen molar-refractivity contribution in [2.45, 2.75) is 6.42 Å². The van der Waals surface area contributed by atoms with Crippen LogP contribution in [0, 0.1) is 132 Å². The van der Waals surface area contributed by atoms with Gasteiger partial charge in [-0.25, -0.2) is 0 Å². The van der Waals surface area contributed by atoms with Crippen LogP contribution < -0.4 is 10.6 Å². The molecule has 5 aliphatic carbocycles. The predicted octanol–water partition coefficient (Wildman–Crippen LogP) is 7.32. The molecule has 1 heteroatoms. The van der Waals surface area contributed by atoms with E-state index in [0.717, 1.165) is 12.6 Å². The summed E-state index contributed by atoms with van der Waals surface area (Å²) >= 11 is 0. The van der Waals surface area contributed by atoms with Crippen molar-refractivity contribution < 1.29 is 0 Å². The molecular formula is C40H33P. The number of rotatable bonds is 9. The van der Waals surface area contributed by atoms with Gasteiger partial charge in [-0.3, -0.25) is 0 Å². The molecule has 0 nitrogen and oxygen atoms in total. The van der Waals surface area contributed by atoms with Crippen LogP contribution in [0.2, 0.25) is 0 Å². The number of allylic oxidation sites excluding steroid dienone is 4. The van der Waals surface area contributed by atoms with E-state index in [1.54, 1.807) is 0 Å². The maximum Gasteiger partial charge on any atom is 0.0364 e. The molecule has 0 saturated heterocycles. The third-order valence-electron chi connectivity index (χ3n) is 8.58. The number of hydrogen-bond acceptors (Lipinski definition) is 0. The predicted molar refractivity (Wildman–Crippen MR) is 175 cm³/mol. The van der Waals surface area contributed by atoms with Gasteiger partial charge in [0.2, 0.25) is 0 Å². The van der Waals surface area contributed by atoms with Crippen molar-refractivity contribution in [3.63, 3.8) is 0 Å². The summed E-state index contributed by atoms with van der Waals surface area (Å²) in [6.45, 7) is -2.05. The summed E-state index contributed by atoms with van der Waals surface area (Å²) in [5, 5.41) is 2.86. The summed E-state index contributed by atoms with van der Waals surface area (Å²) in [5.41, 5.74) is 2.27. The average Bonchev–Trinajstić information content (AvgIpc) is 3.87. The van der Waals surface area contributed by atoms with Crippen molar-refractivity contribution in [2.24, 2.45) is 5.41 Å². The number of hydrogen-bond donors (Lipinski definition) is 0. The molecule has 0 amide bonds. The van der Waals surface area contributed by atoms with Gasteiger partial charge in [0.1, 0.15) is 0 Å². The van der Waals surface area contributed by atoms with Gasteiger partial charge >= 0.3 is 0 Å². The van der Waals surface area contributed by atoms with Crippen LogP contribution in [-0.4, -0.2) is 12.0 Å². The lowest BCUT2D eigenvalue weighted by molar-refractivity contribution is 0.718. The van der Waals surface area contributed by atoms with Crippen molar-refractivity contribution in [2.75, 3.05) is 6.16 Å². The zero-order chi connectivity index (χ0) is 27.5. The van der Waals surface area contributed by atoms with E-state index in [1.165, 1.54) is 45.4 Å². The van der Waals surface area contributed by atoms with Crippen LogP contribution in [0.25, 0.3) is 0 Å². The normalized spacial score (nSPS) is 26.6. The fourth-order valence-electron chi connectivity index (χ4n) is 6.56. The second kappa shape index (κ2) is 12.4. The minimum atomic E-state index is -2.05. The van der Waals surface area contributed by atoms with E-state index in [0.29, 0.717) is 0 Å². The van der Waals surface area contributed by atoms with Gasteiger partial charge < -0.3 is 0 Å². The quantitative estimate of drug-likeness (QED) is 0.290. The molecule has 0 heterocycles. The second-order valence-electron chi connectivity index (χ2n) is 11.0. The van der Waals surface area contributed by atoms with E-state index in [4.69, 9.17) is 0 Å². The fourth-order valence-corrected chi connectivity index (χ4v) is 10.9. The van der Waals surface area contributed by atoms with Gasteiger partial charge in [-0.1, -0.05) is 85.5 Å². The Balaban J connectivity index is 1.47. The van der Waals surface area contributed by atoms with E-state index in [-0.39, 0.29) is 5.41 Å². The minimum Gasteiger partial charge on any atom is -0.0660 e. The molecular weight excluding hydrogens is 511 g/mol. The molecule has 5 aliphatic rings. The Morgan fingerprint density at radius 3 is 1.66 bits per heavy atom. The molecule has 2 aromatic carbocycles. The first-order chi connectivity index (χ1) is 20.3. The third kappa shape index (κ3) is 5.53. The van der Waals surface area contributed by atoms with E-state index < -0.39 is 6.89 Å². The van der Waals surface area contributed by atoms with Crippen LogP contribution in [-0.2, 0) is 0 Å².